The number of anilines is 2. The number of hydrogen-bond acceptors (Lipinski definition) is 5. The van der Waals surface area contributed by atoms with Gasteiger partial charge in [0, 0.05) is 22.1 Å². The Morgan fingerprint density at radius 2 is 1.91 bits per heavy atom. The van der Waals surface area contributed by atoms with Crippen molar-refractivity contribution in [2.24, 2.45) is 0 Å². The standard InChI is InChI=1S/C25H24ClN3O4S/c1-2-33-20-10-8-18(9-11-20)27-23(30)16-22-24(31)29(19-6-3-5-17(26)15-19)25(32)28(22)13-12-21-7-4-14-34-21/h3-11,14-15,22H,2,12-13,16H2,1H3,(H,27,30)/t22-/m1/s1. The maximum atomic E-state index is 13.3. The largest absolute Gasteiger partial charge is 0.494 e. The first-order valence-corrected chi connectivity index (χ1v) is 12.2. The van der Waals surface area contributed by atoms with E-state index in [9.17, 15) is 14.4 Å². The van der Waals surface area contributed by atoms with Gasteiger partial charge in [0.05, 0.1) is 18.7 Å². The van der Waals surface area contributed by atoms with E-state index < -0.39 is 18.0 Å². The van der Waals surface area contributed by atoms with Crippen LogP contribution in [-0.2, 0) is 16.0 Å². The summed E-state index contributed by atoms with van der Waals surface area (Å²) < 4.78 is 5.42. The minimum absolute atomic E-state index is 0.153. The molecule has 0 unspecified atom stereocenters. The first kappa shape index (κ1) is 23.8. The van der Waals surface area contributed by atoms with Crippen molar-refractivity contribution in [3.63, 3.8) is 0 Å². The fraction of sp³-hybridized carbons (Fsp3) is 0.240. The minimum Gasteiger partial charge on any atom is -0.494 e. The average Bonchev–Trinajstić information content (AvgIpc) is 3.41. The highest BCUT2D eigenvalue weighted by atomic mass is 35.5. The van der Waals surface area contributed by atoms with Gasteiger partial charge in [-0.3, -0.25) is 9.59 Å². The predicted octanol–water partition coefficient (Wildman–Crippen LogP) is 5.21. The molecule has 0 bridgehead atoms. The first-order chi connectivity index (χ1) is 16.5. The van der Waals surface area contributed by atoms with Crippen molar-refractivity contribution < 1.29 is 19.1 Å². The van der Waals surface area contributed by atoms with E-state index in [1.165, 1.54) is 4.90 Å². The van der Waals surface area contributed by atoms with E-state index in [1.807, 2.05) is 24.4 Å². The van der Waals surface area contributed by atoms with E-state index in [4.69, 9.17) is 16.3 Å². The Balaban J connectivity index is 1.52. The molecule has 2 heterocycles. The third-order valence-corrected chi connectivity index (χ3v) is 6.56. The second-order valence-corrected chi connectivity index (χ2v) is 9.15. The molecule has 0 spiro atoms. The molecule has 4 amide bonds. The van der Waals surface area contributed by atoms with Gasteiger partial charge in [-0.2, -0.15) is 0 Å². The summed E-state index contributed by atoms with van der Waals surface area (Å²) in [7, 11) is 0. The molecule has 0 aliphatic carbocycles. The lowest BCUT2D eigenvalue weighted by molar-refractivity contribution is -0.124. The molecule has 9 heteroatoms. The Morgan fingerprint density at radius 3 is 2.59 bits per heavy atom. The molecule has 0 radical (unpaired) electrons. The highest BCUT2D eigenvalue weighted by Crippen LogP contribution is 2.29. The Labute approximate surface area is 206 Å². The quantitative estimate of drug-likeness (QED) is 0.412. The SMILES string of the molecule is CCOc1ccc(NC(=O)C[C@@H]2C(=O)N(c3cccc(Cl)c3)C(=O)N2CCc2cccs2)cc1. The minimum atomic E-state index is -0.908. The number of carbonyl (C=O) groups excluding carboxylic acids is 3. The predicted molar refractivity (Wildman–Crippen MR) is 134 cm³/mol. The number of ether oxygens (including phenoxy) is 1. The number of amides is 4. The molecule has 1 saturated heterocycles. The van der Waals surface area contributed by atoms with Gasteiger partial charge >= 0.3 is 6.03 Å². The zero-order valence-electron chi connectivity index (χ0n) is 18.6. The van der Waals surface area contributed by atoms with Crippen molar-refractivity contribution in [2.45, 2.75) is 25.8 Å². The highest BCUT2D eigenvalue weighted by molar-refractivity contribution is 7.09. The zero-order valence-corrected chi connectivity index (χ0v) is 20.1. The van der Waals surface area contributed by atoms with E-state index in [0.29, 0.717) is 41.7 Å². The molecular weight excluding hydrogens is 474 g/mol. The Kier molecular flexibility index (Phi) is 7.49. The first-order valence-electron chi connectivity index (χ1n) is 10.9. The number of imide groups is 1. The number of hydrogen-bond donors (Lipinski definition) is 1. The maximum absolute atomic E-state index is 13.3. The van der Waals surface area contributed by atoms with E-state index in [1.54, 1.807) is 59.9 Å². The molecule has 1 N–H and O–H groups in total. The van der Waals surface area contributed by atoms with Crippen LogP contribution in [0.3, 0.4) is 0 Å². The Morgan fingerprint density at radius 1 is 1.12 bits per heavy atom. The molecule has 2 aromatic carbocycles. The second-order valence-electron chi connectivity index (χ2n) is 7.68. The normalized spacial score (nSPS) is 15.6. The highest BCUT2D eigenvalue weighted by Gasteiger charge is 2.46. The third kappa shape index (κ3) is 5.40. The fourth-order valence-electron chi connectivity index (χ4n) is 3.81. The lowest BCUT2D eigenvalue weighted by Gasteiger charge is -2.21. The molecular formula is C25H24ClN3O4S. The fourth-order valence-corrected chi connectivity index (χ4v) is 4.70. The molecule has 0 saturated carbocycles. The second kappa shape index (κ2) is 10.7. The number of halogens is 1. The van der Waals surface area contributed by atoms with E-state index in [0.717, 1.165) is 9.78 Å². The number of benzene rings is 2. The third-order valence-electron chi connectivity index (χ3n) is 5.39. The number of urea groups is 1. The summed E-state index contributed by atoms with van der Waals surface area (Å²) in [5.74, 6) is -0.0985. The lowest BCUT2D eigenvalue weighted by Crippen LogP contribution is -2.39. The summed E-state index contributed by atoms with van der Waals surface area (Å²) in [5.41, 5.74) is 0.972. The summed E-state index contributed by atoms with van der Waals surface area (Å²) in [6, 6.07) is 16.1. The topological polar surface area (TPSA) is 79.0 Å². The van der Waals surface area contributed by atoms with Crippen molar-refractivity contribution in [1.29, 1.82) is 0 Å². The van der Waals surface area contributed by atoms with Gasteiger partial charge in [0.25, 0.3) is 5.91 Å². The lowest BCUT2D eigenvalue weighted by atomic mass is 10.1. The van der Waals surface area contributed by atoms with Crippen LogP contribution in [0.2, 0.25) is 5.02 Å². The molecule has 1 atom stereocenters. The average molecular weight is 498 g/mol. The van der Waals surface area contributed by atoms with Crippen LogP contribution in [-0.4, -0.2) is 41.9 Å². The molecule has 1 fully saturated rings. The maximum Gasteiger partial charge on any atom is 0.332 e. The van der Waals surface area contributed by atoms with E-state index in [2.05, 4.69) is 5.32 Å². The molecule has 1 aliphatic rings. The zero-order chi connectivity index (χ0) is 24.1. The van der Waals surface area contributed by atoms with Crippen LogP contribution in [0.25, 0.3) is 0 Å². The molecule has 4 rings (SSSR count). The van der Waals surface area contributed by atoms with Crippen molar-refractivity contribution >= 4 is 52.2 Å². The number of rotatable bonds is 9. The van der Waals surface area contributed by atoms with Crippen LogP contribution in [0.5, 0.6) is 5.75 Å². The number of nitrogens with zero attached hydrogens (tertiary/aromatic N) is 2. The Bertz CT molecular complexity index is 1170. The molecule has 3 aromatic rings. The number of thiophene rings is 1. The van der Waals surface area contributed by atoms with E-state index in [-0.39, 0.29) is 12.3 Å². The van der Waals surface area contributed by atoms with Crippen LogP contribution in [0.1, 0.15) is 18.2 Å². The van der Waals surface area contributed by atoms with Crippen LogP contribution < -0.4 is 15.0 Å². The molecule has 34 heavy (non-hydrogen) atoms. The van der Waals surface area contributed by atoms with Gasteiger partial charge in [-0.25, -0.2) is 9.69 Å². The van der Waals surface area contributed by atoms with Crippen LogP contribution in [0.4, 0.5) is 16.2 Å². The molecule has 176 valence electrons. The van der Waals surface area contributed by atoms with Gasteiger partial charge in [-0.1, -0.05) is 23.7 Å². The summed E-state index contributed by atoms with van der Waals surface area (Å²) in [4.78, 5) is 43.1. The van der Waals surface area contributed by atoms with Crippen molar-refractivity contribution in [3.8, 4) is 5.75 Å². The molecule has 1 aliphatic heterocycles. The van der Waals surface area contributed by atoms with Crippen molar-refractivity contribution in [2.75, 3.05) is 23.4 Å². The van der Waals surface area contributed by atoms with Crippen LogP contribution >= 0.6 is 22.9 Å². The number of nitrogens with one attached hydrogen (secondary N) is 1. The smallest absolute Gasteiger partial charge is 0.332 e. The van der Waals surface area contributed by atoms with Gasteiger partial charge < -0.3 is 15.0 Å². The van der Waals surface area contributed by atoms with Gasteiger partial charge in [-0.05, 0) is 67.3 Å². The van der Waals surface area contributed by atoms with Crippen LogP contribution in [0.15, 0.2) is 66.0 Å². The van der Waals surface area contributed by atoms with Crippen molar-refractivity contribution in [3.05, 3.63) is 75.9 Å². The Hall–Kier alpha value is -3.36. The van der Waals surface area contributed by atoms with Gasteiger partial charge in [0.1, 0.15) is 11.8 Å². The van der Waals surface area contributed by atoms with Gasteiger partial charge in [0.15, 0.2) is 0 Å². The van der Waals surface area contributed by atoms with Crippen LogP contribution in [0, 0.1) is 0 Å². The number of carbonyl (C=O) groups is 3. The summed E-state index contributed by atoms with van der Waals surface area (Å²) in [5, 5.41) is 5.19. The molecule has 1 aromatic heterocycles. The summed E-state index contributed by atoms with van der Waals surface area (Å²) in [6.07, 6.45) is 0.441. The van der Waals surface area contributed by atoms with Crippen molar-refractivity contribution in [1.82, 2.24) is 4.90 Å². The van der Waals surface area contributed by atoms with Gasteiger partial charge in [0.2, 0.25) is 5.91 Å². The molecule has 7 nitrogen and oxygen atoms in total. The summed E-state index contributed by atoms with van der Waals surface area (Å²) >= 11 is 7.68. The monoisotopic (exact) mass is 497 g/mol. The van der Waals surface area contributed by atoms with E-state index >= 15 is 0 Å². The summed E-state index contributed by atoms with van der Waals surface area (Å²) in [6.45, 7) is 2.77. The van der Waals surface area contributed by atoms with Gasteiger partial charge in [-0.15, -0.1) is 11.3 Å².